The number of nitrogens with one attached hydrogen (secondary N) is 3. The first kappa shape index (κ1) is 19.6. The van der Waals surface area contributed by atoms with E-state index in [1.54, 1.807) is 6.07 Å². The Morgan fingerprint density at radius 1 is 1.00 bits per heavy atom. The zero-order chi connectivity index (χ0) is 21.1. The number of hydrogen-bond donors (Lipinski definition) is 3. The number of nitrogens with zero attached hydrogens (tertiary/aromatic N) is 2. The molecular formula is C24H25N5O. The number of rotatable bonds is 6. The Kier molecular flexibility index (Phi) is 5.48. The summed E-state index contributed by atoms with van der Waals surface area (Å²) < 4.78 is 0. The van der Waals surface area contributed by atoms with Gasteiger partial charge in [0.2, 0.25) is 5.95 Å². The third kappa shape index (κ3) is 4.49. The summed E-state index contributed by atoms with van der Waals surface area (Å²) in [4.78, 5) is 24.8. The van der Waals surface area contributed by atoms with E-state index in [1.165, 1.54) is 10.9 Å². The normalized spacial score (nSPS) is 10.9. The van der Waals surface area contributed by atoms with E-state index >= 15 is 0 Å². The summed E-state index contributed by atoms with van der Waals surface area (Å²) in [6, 6.07) is 16.0. The number of anilines is 2. The molecule has 0 radical (unpaired) electrons. The lowest BCUT2D eigenvalue weighted by Crippen LogP contribution is -2.27. The lowest BCUT2D eigenvalue weighted by molar-refractivity contribution is 0.0949. The number of carbonyl (C=O) groups excluding carboxylic acids is 1. The topological polar surface area (TPSA) is 82.7 Å². The van der Waals surface area contributed by atoms with Crippen LogP contribution >= 0.6 is 0 Å². The van der Waals surface area contributed by atoms with E-state index in [-0.39, 0.29) is 5.91 Å². The van der Waals surface area contributed by atoms with E-state index < -0.39 is 0 Å². The molecule has 0 saturated carbocycles. The second-order valence-electron chi connectivity index (χ2n) is 7.58. The van der Waals surface area contributed by atoms with E-state index in [4.69, 9.17) is 0 Å². The molecule has 4 rings (SSSR count). The highest BCUT2D eigenvalue weighted by molar-refractivity contribution is 5.92. The number of amides is 1. The van der Waals surface area contributed by atoms with Crippen LogP contribution in [-0.2, 0) is 6.42 Å². The summed E-state index contributed by atoms with van der Waals surface area (Å²) in [5.41, 5.74) is 6.59. The van der Waals surface area contributed by atoms with Crippen molar-refractivity contribution in [3.8, 4) is 0 Å². The molecule has 152 valence electrons. The molecule has 6 heteroatoms. The Morgan fingerprint density at radius 2 is 1.77 bits per heavy atom. The molecule has 2 aromatic carbocycles. The first-order chi connectivity index (χ1) is 14.5. The molecule has 2 heterocycles. The number of aromatic nitrogens is 3. The molecule has 0 atom stereocenters. The minimum Gasteiger partial charge on any atom is -0.361 e. The molecule has 1 amide bonds. The van der Waals surface area contributed by atoms with Crippen molar-refractivity contribution in [2.75, 3.05) is 11.9 Å². The average molecular weight is 399 g/mol. The van der Waals surface area contributed by atoms with Gasteiger partial charge in [-0.25, -0.2) is 9.97 Å². The number of hydrogen-bond acceptors (Lipinski definition) is 4. The van der Waals surface area contributed by atoms with Gasteiger partial charge in [-0.2, -0.15) is 0 Å². The molecule has 0 aliphatic carbocycles. The van der Waals surface area contributed by atoms with Crippen LogP contribution in [0.5, 0.6) is 0 Å². The van der Waals surface area contributed by atoms with Crippen molar-refractivity contribution in [3.05, 3.63) is 82.8 Å². The summed E-state index contributed by atoms with van der Waals surface area (Å²) in [6.07, 6.45) is 2.74. The van der Waals surface area contributed by atoms with Gasteiger partial charge in [-0.05, 0) is 68.1 Å². The van der Waals surface area contributed by atoms with Crippen LogP contribution < -0.4 is 10.6 Å². The van der Waals surface area contributed by atoms with Gasteiger partial charge in [0.05, 0.1) is 0 Å². The molecule has 0 unspecified atom stereocenters. The van der Waals surface area contributed by atoms with Crippen molar-refractivity contribution in [2.45, 2.75) is 27.2 Å². The maximum Gasteiger partial charge on any atom is 0.270 e. The minimum atomic E-state index is -0.205. The third-order valence-electron chi connectivity index (χ3n) is 4.92. The predicted molar refractivity (Wildman–Crippen MR) is 120 cm³/mol. The molecule has 4 aromatic rings. The van der Waals surface area contributed by atoms with Crippen LogP contribution in [0.1, 0.15) is 32.9 Å². The van der Waals surface area contributed by atoms with Crippen LogP contribution in [-0.4, -0.2) is 27.4 Å². The predicted octanol–water partition coefficient (Wildman–Crippen LogP) is 4.60. The van der Waals surface area contributed by atoms with Crippen LogP contribution in [0.2, 0.25) is 0 Å². The average Bonchev–Trinajstić information content (AvgIpc) is 3.10. The standard InChI is InChI=1S/C24H25N5O/c1-15-10-16(2)12-19(11-15)28-24-27-17(3)13-22(29-24)23(30)25-9-8-18-14-26-21-7-5-4-6-20(18)21/h4-7,10-14,26H,8-9H2,1-3H3,(H,25,30)(H,27,28,29). The van der Waals surface area contributed by atoms with Gasteiger partial charge in [0.15, 0.2) is 0 Å². The van der Waals surface area contributed by atoms with Gasteiger partial charge in [-0.15, -0.1) is 0 Å². The summed E-state index contributed by atoms with van der Waals surface area (Å²) in [5.74, 6) is 0.214. The smallest absolute Gasteiger partial charge is 0.270 e. The molecule has 0 aliphatic rings. The molecule has 30 heavy (non-hydrogen) atoms. The summed E-state index contributed by atoms with van der Waals surface area (Å²) in [7, 11) is 0. The van der Waals surface area contributed by atoms with Gasteiger partial charge in [0.1, 0.15) is 5.69 Å². The zero-order valence-corrected chi connectivity index (χ0v) is 17.4. The number of aryl methyl sites for hydroxylation is 3. The van der Waals surface area contributed by atoms with Crippen LogP contribution in [0.4, 0.5) is 11.6 Å². The van der Waals surface area contributed by atoms with Crippen molar-refractivity contribution in [1.82, 2.24) is 20.3 Å². The number of aromatic amines is 1. The molecule has 6 nitrogen and oxygen atoms in total. The minimum absolute atomic E-state index is 0.205. The highest BCUT2D eigenvalue weighted by Crippen LogP contribution is 2.19. The van der Waals surface area contributed by atoms with Crippen LogP contribution in [0, 0.1) is 20.8 Å². The quantitative estimate of drug-likeness (QED) is 0.442. The van der Waals surface area contributed by atoms with Crippen LogP contribution in [0.3, 0.4) is 0 Å². The van der Waals surface area contributed by atoms with Gasteiger partial charge in [-0.3, -0.25) is 4.79 Å². The Balaban J connectivity index is 1.43. The number of fused-ring (bicyclic) bond motifs is 1. The zero-order valence-electron chi connectivity index (χ0n) is 17.4. The van der Waals surface area contributed by atoms with Gasteiger partial charge >= 0.3 is 0 Å². The molecular weight excluding hydrogens is 374 g/mol. The number of H-pyrrole nitrogens is 1. The van der Waals surface area contributed by atoms with Crippen molar-refractivity contribution in [2.24, 2.45) is 0 Å². The second-order valence-corrected chi connectivity index (χ2v) is 7.58. The van der Waals surface area contributed by atoms with Gasteiger partial charge in [0, 0.05) is 35.0 Å². The first-order valence-corrected chi connectivity index (χ1v) is 10.0. The fourth-order valence-corrected chi connectivity index (χ4v) is 3.66. The number of benzene rings is 2. The molecule has 0 aliphatic heterocycles. The molecule has 0 fully saturated rings. The summed E-state index contributed by atoms with van der Waals surface area (Å²) in [5, 5.41) is 7.37. The Morgan fingerprint density at radius 3 is 2.57 bits per heavy atom. The first-order valence-electron chi connectivity index (χ1n) is 10.0. The van der Waals surface area contributed by atoms with Crippen molar-refractivity contribution in [1.29, 1.82) is 0 Å². The highest BCUT2D eigenvalue weighted by Gasteiger charge is 2.11. The van der Waals surface area contributed by atoms with E-state index in [0.717, 1.165) is 34.4 Å². The molecule has 3 N–H and O–H groups in total. The van der Waals surface area contributed by atoms with E-state index in [9.17, 15) is 4.79 Å². The Labute approximate surface area is 175 Å². The monoisotopic (exact) mass is 399 g/mol. The number of para-hydroxylation sites is 1. The maximum absolute atomic E-state index is 12.7. The van der Waals surface area contributed by atoms with E-state index in [1.807, 2.05) is 57.3 Å². The van der Waals surface area contributed by atoms with Crippen LogP contribution in [0.15, 0.2) is 54.7 Å². The molecule has 0 bridgehead atoms. The number of carbonyl (C=O) groups is 1. The summed E-state index contributed by atoms with van der Waals surface area (Å²) >= 11 is 0. The van der Waals surface area contributed by atoms with Crippen LogP contribution in [0.25, 0.3) is 10.9 Å². The van der Waals surface area contributed by atoms with E-state index in [2.05, 4.69) is 37.7 Å². The maximum atomic E-state index is 12.7. The van der Waals surface area contributed by atoms with Gasteiger partial charge < -0.3 is 15.6 Å². The molecule has 2 aromatic heterocycles. The summed E-state index contributed by atoms with van der Waals surface area (Å²) in [6.45, 7) is 6.48. The Hall–Kier alpha value is -3.67. The van der Waals surface area contributed by atoms with Gasteiger partial charge in [0.25, 0.3) is 5.91 Å². The highest BCUT2D eigenvalue weighted by atomic mass is 16.1. The van der Waals surface area contributed by atoms with Gasteiger partial charge in [-0.1, -0.05) is 24.3 Å². The van der Waals surface area contributed by atoms with Crippen molar-refractivity contribution >= 4 is 28.4 Å². The lowest BCUT2D eigenvalue weighted by atomic mass is 10.1. The van der Waals surface area contributed by atoms with E-state index in [0.29, 0.717) is 18.2 Å². The SMILES string of the molecule is Cc1cc(C)cc(Nc2nc(C)cc(C(=O)NCCc3c[nH]c4ccccc34)n2)c1. The third-order valence-corrected chi connectivity index (χ3v) is 4.92. The largest absolute Gasteiger partial charge is 0.361 e. The lowest BCUT2D eigenvalue weighted by Gasteiger charge is -2.10. The second kappa shape index (κ2) is 8.37. The fraction of sp³-hybridized carbons (Fsp3) is 0.208. The molecule has 0 saturated heterocycles. The van der Waals surface area contributed by atoms with Crippen molar-refractivity contribution in [3.63, 3.8) is 0 Å². The fourth-order valence-electron chi connectivity index (χ4n) is 3.66. The molecule has 0 spiro atoms. The van der Waals surface area contributed by atoms with Crippen molar-refractivity contribution < 1.29 is 4.79 Å². The Bertz CT molecular complexity index is 1190.